The SMILES string of the molecule is C1=CCC(NC(c2ccccc2)c2ccccc2)CC1. The Morgan fingerprint density at radius 1 is 0.800 bits per heavy atom. The minimum Gasteiger partial charge on any atom is -0.303 e. The third-order valence-corrected chi connectivity index (χ3v) is 3.94. The Labute approximate surface area is 121 Å². The lowest BCUT2D eigenvalue weighted by atomic mass is 9.95. The first-order valence-electron chi connectivity index (χ1n) is 7.44. The highest BCUT2D eigenvalue weighted by molar-refractivity contribution is 5.31. The molecule has 1 unspecified atom stereocenters. The summed E-state index contributed by atoms with van der Waals surface area (Å²) in [6, 6.07) is 22.3. The van der Waals surface area contributed by atoms with Gasteiger partial charge in [-0.15, -0.1) is 0 Å². The van der Waals surface area contributed by atoms with Crippen LogP contribution in [-0.2, 0) is 0 Å². The Morgan fingerprint density at radius 3 is 1.90 bits per heavy atom. The second-order valence-electron chi connectivity index (χ2n) is 5.40. The predicted octanol–water partition coefficient (Wildman–Crippen LogP) is 4.47. The van der Waals surface area contributed by atoms with E-state index in [1.165, 1.54) is 24.0 Å². The van der Waals surface area contributed by atoms with Gasteiger partial charge in [0.25, 0.3) is 0 Å². The van der Waals surface area contributed by atoms with Gasteiger partial charge < -0.3 is 5.32 Å². The van der Waals surface area contributed by atoms with Crippen LogP contribution in [0.4, 0.5) is 0 Å². The topological polar surface area (TPSA) is 12.0 Å². The number of benzene rings is 2. The van der Waals surface area contributed by atoms with E-state index in [0.717, 1.165) is 6.42 Å². The van der Waals surface area contributed by atoms with Crippen molar-refractivity contribution < 1.29 is 0 Å². The molecule has 0 fully saturated rings. The van der Waals surface area contributed by atoms with Crippen molar-refractivity contribution >= 4 is 0 Å². The highest BCUT2D eigenvalue weighted by Gasteiger charge is 2.18. The Kier molecular flexibility index (Phi) is 4.29. The molecule has 20 heavy (non-hydrogen) atoms. The molecule has 0 bridgehead atoms. The summed E-state index contributed by atoms with van der Waals surface area (Å²) in [5.41, 5.74) is 2.68. The monoisotopic (exact) mass is 263 g/mol. The first kappa shape index (κ1) is 13.1. The summed E-state index contributed by atoms with van der Waals surface area (Å²) in [5, 5.41) is 3.84. The fourth-order valence-electron chi connectivity index (χ4n) is 2.86. The zero-order valence-electron chi connectivity index (χ0n) is 11.7. The Hall–Kier alpha value is -1.86. The molecule has 1 heteroatoms. The minimum atomic E-state index is 0.286. The van der Waals surface area contributed by atoms with Gasteiger partial charge >= 0.3 is 0 Å². The van der Waals surface area contributed by atoms with Crippen LogP contribution in [-0.4, -0.2) is 6.04 Å². The lowest BCUT2D eigenvalue weighted by Crippen LogP contribution is -2.34. The van der Waals surface area contributed by atoms with Crippen molar-refractivity contribution in [1.29, 1.82) is 0 Å². The van der Waals surface area contributed by atoms with Gasteiger partial charge in [-0.3, -0.25) is 0 Å². The van der Waals surface area contributed by atoms with Crippen LogP contribution in [0.2, 0.25) is 0 Å². The van der Waals surface area contributed by atoms with Gasteiger partial charge in [-0.25, -0.2) is 0 Å². The van der Waals surface area contributed by atoms with Crippen LogP contribution in [0.3, 0.4) is 0 Å². The third-order valence-electron chi connectivity index (χ3n) is 3.94. The maximum atomic E-state index is 3.84. The van der Waals surface area contributed by atoms with E-state index >= 15 is 0 Å². The summed E-state index contributed by atoms with van der Waals surface area (Å²) in [6.07, 6.45) is 8.14. The fraction of sp³-hybridized carbons (Fsp3) is 0.263. The molecule has 3 rings (SSSR count). The summed E-state index contributed by atoms with van der Waals surface area (Å²) >= 11 is 0. The van der Waals surface area contributed by atoms with E-state index in [0.29, 0.717) is 6.04 Å². The molecule has 1 N–H and O–H groups in total. The standard InChI is InChI=1S/C19H21N/c1-4-10-16(11-5-1)19(17-12-6-2-7-13-17)20-18-14-8-3-9-15-18/h1-8,10-13,18-20H,9,14-15H2. The number of hydrogen-bond donors (Lipinski definition) is 1. The van der Waals surface area contributed by atoms with E-state index in [2.05, 4.69) is 78.1 Å². The lowest BCUT2D eigenvalue weighted by molar-refractivity contribution is 0.440. The van der Waals surface area contributed by atoms with Crippen LogP contribution < -0.4 is 5.32 Å². The van der Waals surface area contributed by atoms with Crippen molar-refractivity contribution in [2.75, 3.05) is 0 Å². The summed E-state index contributed by atoms with van der Waals surface area (Å²) < 4.78 is 0. The van der Waals surface area contributed by atoms with Gasteiger partial charge in [0.05, 0.1) is 6.04 Å². The van der Waals surface area contributed by atoms with E-state index in [-0.39, 0.29) is 6.04 Å². The van der Waals surface area contributed by atoms with Gasteiger partial charge in [-0.2, -0.15) is 0 Å². The highest BCUT2D eigenvalue weighted by Crippen LogP contribution is 2.24. The summed E-state index contributed by atoms with van der Waals surface area (Å²) in [4.78, 5) is 0. The predicted molar refractivity (Wildman–Crippen MR) is 84.6 cm³/mol. The van der Waals surface area contributed by atoms with Gasteiger partial charge in [0.15, 0.2) is 0 Å². The van der Waals surface area contributed by atoms with Crippen LogP contribution in [0.1, 0.15) is 36.4 Å². The third kappa shape index (κ3) is 3.17. The maximum Gasteiger partial charge on any atom is 0.0578 e. The van der Waals surface area contributed by atoms with Crippen molar-refractivity contribution in [3.05, 3.63) is 83.9 Å². The van der Waals surface area contributed by atoms with Crippen LogP contribution in [0.15, 0.2) is 72.8 Å². The molecule has 102 valence electrons. The normalized spacial score (nSPS) is 18.4. The maximum absolute atomic E-state index is 3.84. The molecule has 0 amide bonds. The second kappa shape index (κ2) is 6.53. The van der Waals surface area contributed by atoms with Gasteiger partial charge in [0, 0.05) is 6.04 Å². The molecule has 0 saturated carbocycles. The van der Waals surface area contributed by atoms with Gasteiger partial charge in [-0.05, 0) is 30.4 Å². The molecule has 1 nitrogen and oxygen atoms in total. The molecule has 2 aromatic rings. The summed E-state index contributed by atoms with van der Waals surface area (Å²) in [5.74, 6) is 0. The fourth-order valence-corrected chi connectivity index (χ4v) is 2.86. The van der Waals surface area contributed by atoms with E-state index in [4.69, 9.17) is 0 Å². The molecule has 0 aromatic heterocycles. The van der Waals surface area contributed by atoms with Gasteiger partial charge in [0.1, 0.15) is 0 Å². The molecule has 1 aliphatic rings. The van der Waals surface area contributed by atoms with Crippen molar-refractivity contribution in [2.24, 2.45) is 0 Å². The Bertz CT molecular complexity index is 505. The first-order chi connectivity index (χ1) is 9.93. The van der Waals surface area contributed by atoms with E-state index < -0.39 is 0 Å². The van der Waals surface area contributed by atoms with Crippen molar-refractivity contribution in [3.8, 4) is 0 Å². The molecule has 0 radical (unpaired) electrons. The largest absolute Gasteiger partial charge is 0.303 e. The average Bonchev–Trinajstić information content (AvgIpc) is 2.55. The van der Waals surface area contributed by atoms with Crippen molar-refractivity contribution in [2.45, 2.75) is 31.3 Å². The Balaban J connectivity index is 1.86. The molecule has 0 saturated heterocycles. The van der Waals surface area contributed by atoms with E-state index in [1.54, 1.807) is 0 Å². The van der Waals surface area contributed by atoms with Crippen LogP contribution in [0, 0.1) is 0 Å². The molecule has 0 aliphatic heterocycles. The zero-order chi connectivity index (χ0) is 13.6. The van der Waals surface area contributed by atoms with E-state index in [1.807, 2.05) is 0 Å². The molecule has 0 spiro atoms. The highest BCUT2D eigenvalue weighted by atomic mass is 15.0. The number of nitrogens with one attached hydrogen (secondary N) is 1. The van der Waals surface area contributed by atoms with Crippen LogP contribution in [0.5, 0.6) is 0 Å². The summed E-state index contributed by atoms with van der Waals surface area (Å²) in [7, 11) is 0. The zero-order valence-corrected chi connectivity index (χ0v) is 11.7. The Morgan fingerprint density at radius 2 is 1.40 bits per heavy atom. The average molecular weight is 263 g/mol. The molecular weight excluding hydrogens is 242 g/mol. The molecule has 0 heterocycles. The van der Waals surface area contributed by atoms with Gasteiger partial charge in [-0.1, -0.05) is 72.8 Å². The number of hydrogen-bond acceptors (Lipinski definition) is 1. The summed E-state index contributed by atoms with van der Waals surface area (Å²) in [6.45, 7) is 0. The molecule has 1 aliphatic carbocycles. The first-order valence-corrected chi connectivity index (χ1v) is 7.44. The number of allylic oxidation sites excluding steroid dienone is 1. The smallest absolute Gasteiger partial charge is 0.0578 e. The molecule has 1 atom stereocenters. The van der Waals surface area contributed by atoms with Crippen LogP contribution in [0.25, 0.3) is 0 Å². The number of rotatable bonds is 4. The molecular formula is C19H21N. The minimum absolute atomic E-state index is 0.286. The lowest BCUT2D eigenvalue weighted by Gasteiger charge is -2.27. The molecule has 2 aromatic carbocycles. The van der Waals surface area contributed by atoms with Gasteiger partial charge in [0.2, 0.25) is 0 Å². The van der Waals surface area contributed by atoms with Crippen molar-refractivity contribution in [3.63, 3.8) is 0 Å². The quantitative estimate of drug-likeness (QED) is 0.802. The van der Waals surface area contributed by atoms with Crippen LogP contribution >= 0.6 is 0 Å². The van der Waals surface area contributed by atoms with E-state index in [9.17, 15) is 0 Å². The van der Waals surface area contributed by atoms with Crippen molar-refractivity contribution in [1.82, 2.24) is 5.32 Å². The second-order valence-corrected chi connectivity index (χ2v) is 5.40.